The largest absolute Gasteiger partial charge is 0.394 e. The quantitative estimate of drug-likeness (QED) is 0.361. The highest BCUT2D eigenvalue weighted by molar-refractivity contribution is 5.82. The van der Waals surface area contributed by atoms with E-state index in [1.54, 1.807) is 6.92 Å². The molecule has 3 aliphatic rings. The third kappa shape index (κ3) is 4.40. The minimum Gasteiger partial charge on any atom is -0.394 e. The molecule has 0 aromatic heterocycles. The Labute approximate surface area is 174 Å². The summed E-state index contributed by atoms with van der Waals surface area (Å²) in [4.78, 5) is 12.9. The Kier molecular flexibility index (Phi) is 7.49. The van der Waals surface area contributed by atoms with Crippen molar-refractivity contribution in [2.75, 3.05) is 27.6 Å². The summed E-state index contributed by atoms with van der Waals surface area (Å²) < 4.78 is 33.2. The fraction of sp³-hybridized carbons (Fsp3) is 0.842. The maximum atomic E-state index is 12.9. The summed E-state index contributed by atoms with van der Waals surface area (Å²) in [5.41, 5.74) is 0.795. The SMILES string of the molecule is C=C1C[C@@H](C)O[C@@](OC)([C@H](O)C(=O)N[C@H]2OCO[C@@H]3[C@@H](OC)[C@H](O)[C@@H](CO)O[C@@H]32)C1. The monoisotopic (exact) mass is 433 g/mol. The molecule has 11 nitrogen and oxygen atoms in total. The van der Waals surface area contributed by atoms with Crippen LogP contribution < -0.4 is 5.32 Å². The average molecular weight is 433 g/mol. The summed E-state index contributed by atoms with van der Waals surface area (Å²) in [5, 5.41) is 33.2. The molecule has 0 aliphatic carbocycles. The van der Waals surface area contributed by atoms with Crippen LogP contribution >= 0.6 is 0 Å². The van der Waals surface area contributed by atoms with Crippen molar-refractivity contribution in [2.45, 2.75) is 74.5 Å². The van der Waals surface area contributed by atoms with E-state index in [0.29, 0.717) is 6.42 Å². The van der Waals surface area contributed by atoms with E-state index < -0.39 is 61.2 Å². The average Bonchev–Trinajstić information content (AvgIpc) is 2.72. The van der Waals surface area contributed by atoms with Gasteiger partial charge in [0.2, 0.25) is 5.79 Å². The van der Waals surface area contributed by atoms with Crippen molar-refractivity contribution < 1.29 is 48.5 Å². The number of nitrogens with one attached hydrogen (secondary N) is 1. The summed E-state index contributed by atoms with van der Waals surface area (Å²) in [7, 11) is 2.75. The van der Waals surface area contributed by atoms with Crippen LogP contribution in [-0.2, 0) is 33.2 Å². The number of fused-ring (bicyclic) bond motifs is 1. The van der Waals surface area contributed by atoms with Crippen molar-refractivity contribution in [3.63, 3.8) is 0 Å². The maximum Gasteiger partial charge on any atom is 0.256 e. The Balaban J connectivity index is 1.74. The Hall–Kier alpha value is -1.15. The summed E-state index contributed by atoms with van der Waals surface area (Å²) >= 11 is 0. The molecular weight excluding hydrogens is 402 g/mol. The normalized spacial score (nSPS) is 43.0. The van der Waals surface area contributed by atoms with Gasteiger partial charge in [-0.2, -0.15) is 0 Å². The number of ether oxygens (including phenoxy) is 6. The fourth-order valence-electron chi connectivity index (χ4n) is 4.28. The van der Waals surface area contributed by atoms with Gasteiger partial charge < -0.3 is 49.1 Å². The first-order valence-electron chi connectivity index (χ1n) is 9.84. The standard InChI is InChI=1S/C19H31NO10/c1-9-5-10(2)30-19(6-9,26-4)16(23)17(24)20-18-15-14(27-8-28-18)13(25-3)12(22)11(7-21)29-15/h10-16,18,21-23H,1,5-8H2,2-4H3,(H,20,24)/t10-,11-,12-,13+,14-,15+,16-,18+,19-/m1/s1. The molecule has 0 aromatic carbocycles. The van der Waals surface area contributed by atoms with Gasteiger partial charge in [-0.1, -0.05) is 12.2 Å². The molecule has 3 fully saturated rings. The molecule has 3 rings (SSSR count). The molecular formula is C19H31NO10. The topological polar surface area (TPSA) is 145 Å². The van der Waals surface area contributed by atoms with Gasteiger partial charge in [0.05, 0.1) is 12.7 Å². The predicted molar refractivity (Wildman–Crippen MR) is 100.0 cm³/mol. The summed E-state index contributed by atoms with van der Waals surface area (Å²) in [6, 6.07) is 0. The minimum absolute atomic E-state index is 0.157. The Bertz CT molecular complexity index is 632. The maximum absolute atomic E-state index is 12.9. The van der Waals surface area contributed by atoms with Gasteiger partial charge >= 0.3 is 0 Å². The van der Waals surface area contributed by atoms with Gasteiger partial charge in [0.1, 0.15) is 37.3 Å². The smallest absolute Gasteiger partial charge is 0.256 e. The third-order valence-electron chi connectivity index (χ3n) is 5.72. The molecule has 30 heavy (non-hydrogen) atoms. The van der Waals surface area contributed by atoms with Gasteiger partial charge in [-0.3, -0.25) is 4.79 Å². The highest BCUT2D eigenvalue weighted by atomic mass is 16.7. The zero-order valence-electron chi connectivity index (χ0n) is 17.4. The van der Waals surface area contributed by atoms with E-state index >= 15 is 0 Å². The first-order chi connectivity index (χ1) is 14.3. The van der Waals surface area contributed by atoms with Gasteiger partial charge in [0.25, 0.3) is 5.91 Å². The first-order valence-corrected chi connectivity index (χ1v) is 9.84. The molecule has 3 aliphatic heterocycles. The van der Waals surface area contributed by atoms with E-state index in [1.165, 1.54) is 14.2 Å². The van der Waals surface area contributed by atoms with E-state index in [2.05, 4.69) is 11.9 Å². The highest BCUT2D eigenvalue weighted by Gasteiger charge is 2.53. The number of hydrogen-bond acceptors (Lipinski definition) is 10. The lowest BCUT2D eigenvalue weighted by molar-refractivity contribution is -0.326. The number of amides is 1. The molecule has 11 heteroatoms. The number of hydrogen-bond donors (Lipinski definition) is 4. The van der Waals surface area contributed by atoms with Crippen LogP contribution in [0.15, 0.2) is 12.2 Å². The second-order valence-corrected chi connectivity index (χ2v) is 7.84. The van der Waals surface area contributed by atoms with Crippen molar-refractivity contribution >= 4 is 5.91 Å². The van der Waals surface area contributed by atoms with Crippen LogP contribution in [0.1, 0.15) is 19.8 Å². The molecule has 3 heterocycles. The molecule has 172 valence electrons. The fourth-order valence-corrected chi connectivity index (χ4v) is 4.28. The molecule has 0 radical (unpaired) electrons. The van der Waals surface area contributed by atoms with Crippen LogP contribution in [0.25, 0.3) is 0 Å². The van der Waals surface area contributed by atoms with Crippen LogP contribution in [0.5, 0.6) is 0 Å². The van der Waals surface area contributed by atoms with Gasteiger partial charge in [-0.15, -0.1) is 0 Å². The molecule has 3 saturated heterocycles. The Morgan fingerprint density at radius 1 is 1.37 bits per heavy atom. The Morgan fingerprint density at radius 3 is 2.70 bits per heavy atom. The molecule has 0 spiro atoms. The number of aliphatic hydroxyl groups is 3. The summed E-state index contributed by atoms with van der Waals surface area (Å²) in [6.45, 7) is 5.08. The van der Waals surface area contributed by atoms with E-state index in [9.17, 15) is 20.1 Å². The van der Waals surface area contributed by atoms with Gasteiger partial charge in [0.15, 0.2) is 12.3 Å². The molecule has 0 aromatic rings. The highest BCUT2D eigenvalue weighted by Crippen LogP contribution is 2.36. The molecule has 1 amide bonds. The molecule has 0 unspecified atom stereocenters. The number of methoxy groups -OCH3 is 2. The summed E-state index contributed by atoms with van der Waals surface area (Å²) in [6.07, 6.45) is -6.75. The van der Waals surface area contributed by atoms with Gasteiger partial charge in [0, 0.05) is 20.6 Å². The third-order valence-corrected chi connectivity index (χ3v) is 5.72. The Morgan fingerprint density at radius 2 is 2.10 bits per heavy atom. The van der Waals surface area contributed by atoms with Gasteiger partial charge in [-0.05, 0) is 13.3 Å². The minimum atomic E-state index is -1.67. The lowest BCUT2D eigenvalue weighted by Crippen LogP contribution is -2.69. The molecule has 0 bridgehead atoms. The second-order valence-electron chi connectivity index (χ2n) is 7.84. The van der Waals surface area contributed by atoms with Crippen LogP contribution in [0.2, 0.25) is 0 Å². The van der Waals surface area contributed by atoms with E-state index in [-0.39, 0.29) is 19.3 Å². The molecule has 0 saturated carbocycles. The van der Waals surface area contributed by atoms with Crippen molar-refractivity contribution in [3.05, 3.63) is 12.2 Å². The molecule has 4 N–H and O–H groups in total. The van der Waals surface area contributed by atoms with Gasteiger partial charge in [-0.25, -0.2) is 0 Å². The summed E-state index contributed by atoms with van der Waals surface area (Å²) in [5.74, 6) is -2.37. The lowest BCUT2D eigenvalue weighted by Gasteiger charge is -2.48. The number of aliphatic hydroxyl groups excluding tert-OH is 3. The van der Waals surface area contributed by atoms with Crippen molar-refractivity contribution in [1.29, 1.82) is 0 Å². The van der Waals surface area contributed by atoms with Crippen LogP contribution in [-0.4, -0.2) is 104 Å². The number of carbonyl (C=O) groups excluding carboxylic acids is 1. The van der Waals surface area contributed by atoms with Crippen LogP contribution in [0, 0.1) is 0 Å². The predicted octanol–water partition coefficient (Wildman–Crippen LogP) is -1.60. The molecule has 9 atom stereocenters. The first kappa shape index (κ1) is 23.5. The van der Waals surface area contributed by atoms with E-state index in [4.69, 9.17) is 28.4 Å². The van der Waals surface area contributed by atoms with E-state index in [1.807, 2.05) is 0 Å². The second kappa shape index (κ2) is 9.55. The van der Waals surface area contributed by atoms with Crippen molar-refractivity contribution in [2.24, 2.45) is 0 Å². The van der Waals surface area contributed by atoms with Crippen LogP contribution in [0.3, 0.4) is 0 Å². The lowest BCUT2D eigenvalue weighted by atomic mass is 9.92. The number of rotatable bonds is 6. The van der Waals surface area contributed by atoms with Crippen molar-refractivity contribution in [1.82, 2.24) is 5.32 Å². The van der Waals surface area contributed by atoms with Crippen molar-refractivity contribution in [3.8, 4) is 0 Å². The zero-order valence-corrected chi connectivity index (χ0v) is 17.4. The van der Waals surface area contributed by atoms with E-state index in [0.717, 1.165) is 5.57 Å². The van der Waals surface area contributed by atoms with Crippen LogP contribution in [0.4, 0.5) is 0 Å². The zero-order chi connectivity index (χ0) is 22.1. The number of carbonyl (C=O) groups is 1.